The molecule has 502 valence electrons. The molecule has 0 bridgehead atoms. The Kier molecular flexibility index (Phi) is 19.8. The zero-order chi connectivity index (χ0) is 70.0. The molecule has 0 fully saturated rings. The van der Waals surface area contributed by atoms with E-state index < -0.39 is 200 Å². The number of rotatable bonds is 16. The first-order chi connectivity index (χ1) is 45.3. The van der Waals surface area contributed by atoms with E-state index >= 15 is 0 Å². The van der Waals surface area contributed by atoms with E-state index in [1.807, 2.05) is 0 Å². The Morgan fingerprint density at radius 3 is 1.17 bits per heavy atom. The average Bonchev–Trinajstić information content (AvgIpc) is 0.707. The van der Waals surface area contributed by atoms with Crippen LogP contribution in [0.2, 0.25) is 0 Å². The molecule has 0 saturated heterocycles. The van der Waals surface area contributed by atoms with Gasteiger partial charge in [0.15, 0.2) is 65.0 Å². The van der Waals surface area contributed by atoms with Crippen molar-refractivity contribution in [1.82, 2.24) is 0 Å². The van der Waals surface area contributed by atoms with Crippen LogP contribution in [0.25, 0.3) is 0 Å². The second kappa shape index (κ2) is 27.7. The maximum absolute atomic E-state index is 14.2. The first-order valence-corrected chi connectivity index (χ1v) is 29.0. The lowest BCUT2D eigenvalue weighted by atomic mass is 9.73. The van der Waals surface area contributed by atoms with Gasteiger partial charge in [-0.15, -0.1) is 0 Å². The number of phenolic OH excluding ortho intramolecular Hbond substituents is 4. The summed E-state index contributed by atoms with van der Waals surface area (Å²) in [4.78, 5) is 146. The quantitative estimate of drug-likeness (QED) is 0.0309. The van der Waals surface area contributed by atoms with Gasteiger partial charge in [0.25, 0.3) is 0 Å². The van der Waals surface area contributed by atoms with Crippen molar-refractivity contribution >= 4 is 65.7 Å². The molecule has 29 nitrogen and oxygen atoms in total. The van der Waals surface area contributed by atoms with Gasteiger partial charge in [0.2, 0.25) is 0 Å². The van der Waals surface area contributed by atoms with Gasteiger partial charge in [-0.05, 0) is 36.4 Å². The maximum Gasteiger partial charge on any atom is 0.308 e. The molecule has 0 saturated carbocycles. The fourth-order valence-electron chi connectivity index (χ4n) is 11.7. The zero-order valence-corrected chi connectivity index (χ0v) is 52.8. The Morgan fingerprint density at radius 2 is 0.708 bits per heavy atom. The lowest BCUT2D eigenvalue weighted by Gasteiger charge is -2.45. The van der Waals surface area contributed by atoms with Crippen molar-refractivity contribution in [2.24, 2.45) is 0 Å². The highest BCUT2D eigenvalue weighted by Crippen LogP contribution is 2.64. The Hall–Kier alpha value is -11.9. The molecule has 3 aliphatic heterocycles. The Bertz CT molecular complexity index is 4260. The largest absolute Gasteiger partial charge is 0.508 e. The highest BCUT2D eigenvalue weighted by atomic mass is 16.6. The van der Waals surface area contributed by atoms with Gasteiger partial charge in [-0.25, -0.2) is 0 Å². The fraction of sp³-hybridized carbons (Fsp3) is 0.299. The Labute approximate surface area is 544 Å². The molecule has 6 aromatic carbocycles. The van der Waals surface area contributed by atoms with Crippen LogP contribution in [0, 0.1) is 0 Å². The summed E-state index contributed by atoms with van der Waals surface area (Å²) in [5, 5.41) is 44.9. The molecule has 0 unspecified atom stereocenters. The molecular formula is C67H60O29. The third-order valence-electron chi connectivity index (χ3n) is 14.6. The highest BCUT2D eigenvalue weighted by molar-refractivity contribution is 5.82. The van der Waals surface area contributed by atoms with E-state index in [-0.39, 0.29) is 50.8 Å². The van der Waals surface area contributed by atoms with E-state index in [0.717, 1.165) is 119 Å². The molecule has 0 aromatic heterocycles. The number of hydrogen-bond donors (Lipinski definition) is 4. The topological polar surface area (TPSA) is 398 Å². The van der Waals surface area contributed by atoms with Crippen LogP contribution in [0.5, 0.6) is 86.2 Å². The summed E-state index contributed by atoms with van der Waals surface area (Å²) in [7, 11) is 0. The number of carbonyl (C=O) groups is 11. The molecule has 0 aliphatic carbocycles. The molecule has 0 amide bonds. The summed E-state index contributed by atoms with van der Waals surface area (Å²) in [6, 6.07) is 14.7. The zero-order valence-electron chi connectivity index (χ0n) is 52.8. The van der Waals surface area contributed by atoms with E-state index in [2.05, 4.69) is 0 Å². The minimum atomic E-state index is -2.02. The van der Waals surface area contributed by atoms with Gasteiger partial charge < -0.3 is 86.7 Å². The van der Waals surface area contributed by atoms with Crippen molar-refractivity contribution in [3.63, 3.8) is 0 Å². The number of ether oxygens (including phenoxy) is 14. The fourth-order valence-corrected chi connectivity index (χ4v) is 11.7. The van der Waals surface area contributed by atoms with Crippen LogP contribution < -0.4 is 52.1 Å². The molecule has 96 heavy (non-hydrogen) atoms. The number of fused-ring (bicyclic) bond motifs is 3. The molecule has 4 N–H and O–H groups in total. The minimum absolute atomic E-state index is 0.00976. The van der Waals surface area contributed by atoms with Crippen LogP contribution in [-0.2, 0) is 73.4 Å². The number of esters is 11. The van der Waals surface area contributed by atoms with Gasteiger partial charge in [0.05, 0.1) is 11.8 Å². The van der Waals surface area contributed by atoms with Crippen molar-refractivity contribution in [1.29, 1.82) is 0 Å². The minimum Gasteiger partial charge on any atom is -0.508 e. The Morgan fingerprint density at radius 1 is 0.333 bits per heavy atom. The molecular weight excluding hydrogens is 1270 g/mol. The standard InChI is InChI=1S/C67H60O29/c1-26(68)83-45-16-13-38(19-48(45)86-29(4)71)61-54(91-34(9)76)23-41-47(85-28(3)70)24-51(88-31(6)73)56(64(41)95-61)60-58-53(90-33(8)75)25-52(89-32(7)74)57(65(58)96-63(67(60)93-36(11)78)39-14-17-46(84-27(2)69)49(20-39)87-30(5)72)59-55-44(82)21-40(79)22-50(55)94-62(66(59)92-35(10)77)37-12-15-42(80)43(81)18-37/h12-22,24-25,54,59-63,66-67,79-82H,23H2,1-11H3/t54-,59+,60-,61-,62-,63-,66+,67+/m1/s1. The smallest absolute Gasteiger partial charge is 0.308 e. The number of aromatic hydroxyl groups is 4. The molecule has 8 atom stereocenters. The molecule has 3 heterocycles. The van der Waals surface area contributed by atoms with Crippen molar-refractivity contribution < 1.29 is 139 Å². The normalized spacial score (nSPS) is 18.8. The van der Waals surface area contributed by atoms with Gasteiger partial charge in [0.1, 0.15) is 57.8 Å². The van der Waals surface area contributed by atoms with Crippen LogP contribution in [0.3, 0.4) is 0 Å². The summed E-state index contributed by atoms with van der Waals surface area (Å²) in [6.45, 7) is 11.2. The van der Waals surface area contributed by atoms with E-state index in [9.17, 15) is 73.2 Å². The van der Waals surface area contributed by atoms with Crippen LogP contribution in [0.4, 0.5) is 0 Å². The van der Waals surface area contributed by atoms with Crippen LogP contribution >= 0.6 is 0 Å². The van der Waals surface area contributed by atoms with Gasteiger partial charge in [-0.1, -0.05) is 18.2 Å². The number of carbonyl (C=O) groups excluding carboxylic acids is 11. The summed E-state index contributed by atoms with van der Waals surface area (Å²) < 4.78 is 85.2. The lowest BCUT2D eigenvalue weighted by molar-refractivity contribution is -0.154. The van der Waals surface area contributed by atoms with Crippen molar-refractivity contribution in [2.45, 2.75) is 131 Å². The molecule has 9 rings (SSSR count). The predicted octanol–water partition coefficient (Wildman–Crippen LogP) is 7.91. The highest BCUT2D eigenvalue weighted by Gasteiger charge is 2.55. The first kappa shape index (κ1) is 68.5. The molecule has 3 aliphatic rings. The number of benzene rings is 6. The monoisotopic (exact) mass is 1330 g/mol. The van der Waals surface area contributed by atoms with Gasteiger partial charge >= 0.3 is 65.7 Å². The van der Waals surface area contributed by atoms with Crippen LogP contribution in [-0.4, -0.2) is 104 Å². The van der Waals surface area contributed by atoms with E-state index in [1.165, 1.54) is 36.4 Å². The SMILES string of the molecule is CC(=O)Oc1ccc([C@H]2Oc3c(c(OC(C)=O)cc(OC(C)=O)c3[C@@H]3c4c(O)cc(O)cc4O[C@H](c4ccc(O)c(O)c4)[C@H]3OC(C)=O)[C@@H](c3c(OC(C)=O)cc(OC(C)=O)c4c3O[C@H](c3ccc(OC(C)=O)c(OC(C)=O)c3)[C@H](OC(C)=O)C4)[C@@H]2OC(C)=O)cc1OC(C)=O. The number of hydrogen-bond acceptors (Lipinski definition) is 29. The summed E-state index contributed by atoms with van der Waals surface area (Å²) in [6.07, 6.45) is -11.1. The predicted molar refractivity (Wildman–Crippen MR) is 320 cm³/mol. The summed E-state index contributed by atoms with van der Waals surface area (Å²) >= 11 is 0. The third kappa shape index (κ3) is 14.8. The third-order valence-corrected chi connectivity index (χ3v) is 14.6. The van der Waals surface area contributed by atoms with Crippen molar-refractivity contribution in [3.05, 3.63) is 123 Å². The lowest BCUT2D eigenvalue weighted by Crippen LogP contribution is -2.42. The molecule has 0 spiro atoms. The van der Waals surface area contributed by atoms with Crippen molar-refractivity contribution in [2.75, 3.05) is 0 Å². The van der Waals surface area contributed by atoms with Gasteiger partial charge in [0, 0.05) is 151 Å². The molecule has 0 radical (unpaired) electrons. The summed E-state index contributed by atoms with van der Waals surface area (Å²) in [5.74, 6) is -22.5. The Balaban J connectivity index is 1.52. The maximum atomic E-state index is 14.2. The van der Waals surface area contributed by atoms with Gasteiger partial charge in [-0.3, -0.25) is 52.7 Å². The van der Waals surface area contributed by atoms with E-state index in [0.29, 0.717) is 0 Å². The van der Waals surface area contributed by atoms with E-state index in [4.69, 9.17) is 66.3 Å². The van der Waals surface area contributed by atoms with Crippen molar-refractivity contribution in [3.8, 4) is 86.2 Å². The first-order valence-electron chi connectivity index (χ1n) is 29.0. The van der Waals surface area contributed by atoms with Crippen LogP contribution in [0.15, 0.2) is 78.9 Å². The van der Waals surface area contributed by atoms with E-state index in [1.54, 1.807) is 0 Å². The second-order valence-electron chi connectivity index (χ2n) is 22.0. The number of phenols is 4. The molecule has 29 heteroatoms. The molecule has 6 aromatic rings. The summed E-state index contributed by atoms with van der Waals surface area (Å²) in [5.41, 5.74) is -2.02. The van der Waals surface area contributed by atoms with Crippen LogP contribution in [0.1, 0.15) is 151 Å². The van der Waals surface area contributed by atoms with Gasteiger partial charge in [-0.2, -0.15) is 0 Å². The second-order valence-corrected chi connectivity index (χ2v) is 22.0. The average molecular weight is 1330 g/mol.